The molecule has 0 bridgehead atoms. The summed E-state index contributed by atoms with van der Waals surface area (Å²) < 4.78 is 50.0. The summed E-state index contributed by atoms with van der Waals surface area (Å²) in [5.41, 5.74) is 0. The first-order valence-corrected chi connectivity index (χ1v) is 18.6. The van der Waals surface area contributed by atoms with Crippen LogP contribution in [0, 0.1) is 7.14 Å². The van der Waals surface area contributed by atoms with E-state index in [1.807, 2.05) is 26.2 Å². The van der Waals surface area contributed by atoms with Crippen LogP contribution in [0.25, 0.3) is 0 Å². The van der Waals surface area contributed by atoms with E-state index in [0.717, 1.165) is 26.0 Å². The number of rotatable bonds is 5. The van der Waals surface area contributed by atoms with Gasteiger partial charge in [-0.25, -0.2) is 16.8 Å². The lowest BCUT2D eigenvalue weighted by molar-refractivity contribution is 0.196. The maximum absolute atomic E-state index is 12.5. The molecule has 0 saturated carbocycles. The molecule has 1 N–H and O–H groups in total. The first-order valence-electron chi connectivity index (χ1n) is 12.7. The molecule has 2 aliphatic heterocycles. The predicted octanol–water partition coefficient (Wildman–Crippen LogP) is 4.52. The highest BCUT2D eigenvalue weighted by Gasteiger charge is 2.29. The molecule has 13 heteroatoms. The molecule has 8 nitrogen and oxygen atoms in total. The van der Waals surface area contributed by atoms with E-state index < -0.39 is 19.1 Å². The summed E-state index contributed by atoms with van der Waals surface area (Å²) in [6, 6.07) is 14.7. The van der Waals surface area contributed by atoms with E-state index in [-0.39, 0.29) is 4.90 Å². The van der Waals surface area contributed by atoms with Crippen LogP contribution < -0.4 is 5.32 Å². The second-order valence-corrected chi connectivity index (χ2v) is 16.9. The van der Waals surface area contributed by atoms with E-state index in [4.69, 9.17) is 10.7 Å². The highest BCUT2D eigenvalue weighted by Crippen LogP contribution is 2.23. The highest BCUT2D eigenvalue weighted by atomic mass is 127. The van der Waals surface area contributed by atoms with Gasteiger partial charge in [0.05, 0.1) is 9.79 Å². The van der Waals surface area contributed by atoms with Gasteiger partial charge in [-0.15, -0.1) is 0 Å². The SMILES string of the molecule is CN(C)C1CCN(S(=O)(=O)c2ccc(I)cc2)CC1.CN(C)C1CCNCC1.O=S(=O)(Cl)c1ccc(I)cc1. The lowest BCUT2D eigenvalue weighted by atomic mass is 10.1. The van der Waals surface area contributed by atoms with Crippen molar-refractivity contribution in [2.45, 2.75) is 47.6 Å². The number of benzene rings is 2. The summed E-state index contributed by atoms with van der Waals surface area (Å²) in [5.74, 6) is 0. The maximum atomic E-state index is 12.5. The minimum absolute atomic E-state index is 0.139. The van der Waals surface area contributed by atoms with Crippen molar-refractivity contribution >= 4 is 74.9 Å². The van der Waals surface area contributed by atoms with Crippen molar-refractivity contribution < 1.29 is 16.8 Å². The van der Waals surface area contributed by atoms with Crippen LogP contribution in [0.2, 0.25) is 0 Å². The zero-order chi connectivity index (χ0) is 29.2. The van der Waals surface area contributed by atoms with E-state index >= 15 is 0 Å². The van der Waals surface area contributed by atoms with Crippen LogP contribution in [0.4, 0.5) is 0 Å². The molecule has 0 aromatic heterocycles. The molecule has 2 fully saturated rings. The Kier molecular flexibility index (Phi) is 14.9. The average Bonchev–Trinajstić information content (AvgIpc) is 2.90. The lowest BCUT2D eigenvalue weighted by Gasteiger charge is -2.34. The quantitative estimate of drug-likeness (QED) is 0.351. The third kappa shape index (κ3) is 12.0. The van der Waals surface area contributed by atoms with Gasteiger partial charge in [-0.05, 0) is 161 Å². The van der Waals surface area contributed by atoms with Crippen LogP contribution in [-0.4, -0.2) is 97.4 Å². The summed E-state index contributed by atoms with van der Waals surface area (Å²) >= 11 is 4.26. The molecule has 4 rings (SSSR count). The van der Waals surface area contributed by atoms with Gasteiger partial charge >= 0.3 is 0 Å². The van der Waals surface area contributed by atoms with Crippen molar-refractivity contribution in [3.8, 4) is 0 Å². The Morgan fingerprint density at radius 2 is 1.10 bits per heavy atom. The topological polar surface area (TPSA) is 90.0 Å². The normalized spacial score (nSPS) is 17.8. The van der Waals surface area contributed by atoms with Crippen LogP contribution in [0.5, 0.6) is 0 Å². The minimum Gasteiger partial charge on any atom is -0.317 e. The van der Waals surface area contributed by atoms with Gasteiger partial charge in [0.25, 0.3) is 9.05 Å². The standard InChI is InChI=1S/C13H19IN2O2S.C7H16N2.C6H4ClIO2S/c1-15(2)12-7-9-16(10-8-12)19(17,18)13-5-3-11(14)4-6-13;1-9(2)7-3-5-8-6-4-7;7-11(9,10)6-3-1-5(8)2-4-6/h3-6,12H,7-10H2,1-2H3;7-8H,3-6H2,1-2H3;1-4H. The molecule has 2 aliphatic rings. The fraction of sp³-hybridized carbons (Fsp3) is 0.538. The van der Waals surface area contributed by atoms with Gasteiger partial charge in [-0.3, -0.25) is 0 Å². The highest BCUT2D eigenvalue weighted by molar-refractivity contribution is 14.1. The fourth-order valence-electron chi connectivity index (χ4n) is 4.27. The molecule has 2 heterocycles. The Morgan fingerprint density at radius 1 is 0.718 bits per heavy atom. The van der Waals surface area contributed by atoms with Crippen LogP contribution in [-0.2, 0) is 19.1 Å². The summed E-state index contributed by atoms with van der Waals surface area (Å²) in [4.78, 5) is 5.03. The van der Waals surface area contributed by atoms with Crippen LogP contribution >= 0.6 is 55.9 Å². The van der Waals surface area contributed by atoms with Gasteiger partial charge in [0.15, 0.2) is 0 Å². The molecular formula is C26H39ClI2N4O4S2. The predicted molar refractivity (Wildman–Crippen MR) is 176 cm³/mol. The number of piperidine rings is 2. The first kappa shape index (κ1) is 35.1. The monoisotopic (exact) mass is 824 g/mol. The molecule has 0 atom stereocenters. The van der Waals surface area contributed by atoms with Crippen molar-refractivity contribution in [1.82, 2.24) is 19.4 Å². The van der Waals surface area contributed by atoms with Crippen molar-refractivity contribution in [2.24, 2.45) is 0 Å². The molecular weight excluding hydrogens is 786 g/mol. The first-order chi connectivity index (χ1) is 18.2. The van der Waals surface area contributed by atoms with Crippen LogP contribution in [0.3, 0.4) is 0 Å². The Labute approximate surface area is 266 Å². The molecule has 0 aliphatic carbocycles. The third-order valence-corrected chi connectivity index (χ3v) is 11.5. The fourth-order valence-corrected chi connectivity index (χ4v) is 7.23. The Morgan fingerprint density at radius 3 is 1.46 bits per heavy atom. The van der Waals surface area contributed by atoms with Crippen molar-refractivity contribution in [3.63, 3.8) is 0 Å². The zero-order valence-electron chi connectivity index (χ0n) is 22.9. The number of halogens is 3. The minimum atomic E-state index is -3.55. The van der Waals surface area contributed by atoms with Gasteiger partial charge in [0.2, 0.25) is 10.0 Å². The maximum Gasteiger partial charge on any atom is 0.261 e. The molecule has 2 saturated heterocycles. The second-order valence-electron chi connectivity index (χ2n) is 9.89. The number of sulfonamides is 1. The summed E-state index contributed by atoms with van der Waals surface area (Å²) in [6.45, 7) is 3.61. The van der Waals surface area contributed by atoms with E-state index in [0.29, 0.717) is 24.0 Å². The van der Waals surface area contributed by atoms with Crippen molar-refractivity contribution in [1.29, 1.82) is 0 Å². The van der Waals surface area contributed by atoms with Gasteiger partial charge < -0.3 is 15.1 Å². The van der Waals surface area contributed by atoms with Crippen LogP contribution in [0.1, 0.15) is 25.7 Å². The zero-order valence-corrected chi connectivity index (χ0v) is 29.6. The van der Waals surface area contributed by atoms with E-state index in [1.54, 1.807) is 28.6 Å². The number of hydrogen-bond donors (Lipinski definition) is 1. The van der Waals surface area contributed by atoms with E-state index in [1.165, 1.54) is 38.1 Å². The van der Waals surface area contributed by atoms with E-state index in [9.17, 15) is 16.8 Å². The molecule has 2 aromatic carbocycles. The second kappa shape index (κ2) is 16.5. The Balaban J connectivity index is 0.000000226. The molecule has 220 valence electrons. The van der Waals surface area contributed by atoms with Gasteiger partial charge in [-0.1, -0.05) is 0 Å². The average molecular weight is 825 g/mol. The van der Waals surface area contributed by atoms with Gasteiger partial charge in [-0.2, -0.15) is 4.31 Å². The van der Waals surface area contributed by atoms with E-state index in [2.05, 4.69) is 74.4 Å². The Bertz CT molecular complexity index is 1220. The number of hydrogen-bond acceptors (Lipinski definition) is 7. The Hall–Kier alpha value is -0.0700. The third-order valence-electron chi connectivity index (χ3n) is 6.74. The lowest BCUT2D eigenvalue weighted by Crippen LogP contribution is -2.44. The van der Waals surface area contributed by atoms with Crippen molar-refractivity contribution in [2.75, 3.05) is 54.4 Å². The molecule has 0 amide bonds. The van der Waals surface area contributed by atoms with Gasteiger partial charge in [0.1, 0.15) is 0 Å². The van der Waals surface area contributed by atoms with Crippen LogP contribution in [0.15, 0.2) is 58.3 Å². The number of nitrogens with one attached hydrogen (secondary N) is 1. The smallest absolute Gasteiger partial charge is 0.261 e. The number of nitrogens with zero attached hydrogens (tertiary/aromatic N) is 3. The van der Waals surface area contributed by atoms with Gasteiger partial charge in [0, 0.05) is 43.0 Å². The largest absolute Gasteiger partial charge is 0.317 e. The molecule has 0 radical (unpaired) electrons. The molecule has 0 unspecified atom stereocenters. The molecule has 2 aromatic rings. The summed E-state index contributed by atoms with van der Waals surface area (Å²) in [5, 5.41) is 3.34. The summed E-state index contributed by atoms with van der Waals surface area (Å²) in [7, 11) is 6.64. The molecule has 39 heavy (non-hydrogen) atoms. The van der Waals surface area contributed by atoms with Crippen molar-refractivity contribution in [3.05, 3.63) is 55.7 Å². The molecule has 0 spiro atoms. The summed E-state index contributed by atoms with van der Waals surface area (Å²) in [6.07, 6.45) is 4.42.